The van der Waals surface area contributed by atoms with Gasteiger partial charge >= 0.3 is 0 Å². The molecule has 0 saturated carbocycles. The minimum atomic E-state index is -3.66. The second-order valence-electron chi connectivity index (χ2n) is 6.69. The molecule has 3 aromatic rings. The van der Waals surface area contributed by atoms with Crippen LogP contribution in [0.5, 0.6) is 17.4 Å². The Bertz CT molecular complexity index is 1710. The minimum absolute atomic E-state index is 0.0342. The van der Waals surface area contributed by atoms with Crippen molar-refractivity contribution in [2.75, 3.05) is 55.5 Å². The van der Waals surface area contributed by atoms with Gasteiger partial charge in [0.25, 0.3) is 0 Å². The summed E-state index contributed by atoms with van der Waals surface area (Å²) in [5.74, 6) is -1.13. The SMILES string of the molecule is [2H]C([2H])([2H])Oc1cc(N2C([2H])([2H])C([2H])([2H])N(C([2H])([2H])[2H])C([2H])([2H])C2([2H])[2H])ccc1Nc1ncc(Cl)c(Oc2ccc(NC(=O)C=C)cc2)n1. The van der Waals surface area contributed by atoms with E-state index in [0.29, 0.717) is 5.69 Å². The molecule has 4 rings (SSSR count). The number of nitrogens with zero attached hydrogens (tertiary/aromatic N) is 4. The van der Waals surface area contributed by atoms with Crippen molar-refractivity contribution in [2.24, 2.45) is 0 Å². The number of ether oxygens (including phenoxy) is 2. The number of piperazine rings is 1. The van der Waals surface area contributed by atoms with Crippen molar-refractivity contribution in [1.29, 1.82) is 0 Å². The first kappa shape index (κ1) is 12.2. The Balaban J connectivity index is 1.73. The lowest BCUT2D eigenvalue weighted by atomic mass is 10.2. The van der Waals surface area contributed by atoms with Gasteiger partial charge in [0.1, 0.15) is 16.5 Å². The molecule has 0 radical (unpaired) electrons. The first-order valence-electron chi connectivity index (χ1n) is 16.8. The highest BCUT2D eigenvalue weighted by Crippen LogP contribution is 2.33. The molecule has 1 amide bonds. The number of likely N-dealkylation sites (N-methyl/N-ethyl adjacent to an activating group) is 1. The zero-order valence-electron chi connectivity index (χ0n) is 31.8. The Morgan fingerprint density at radius 3 is 2.74 bits per heavy atom. The molecule has 1 aliphatic heterocycles. The van der Waals surface area contributed by atoms with Crippen LogP contribution < -0.4 is 25.0 Å². The van der Waals surface area contributed by atoms with Crippen LogP contribution in [0.25, 0.3) is 0 Å². The molecule has 9 nitrogen and oxygen atoms in total. The van der Waals surface area contributed by atoms with Gasteiger partial charge in [-0.2, -0.15) is 4.98 Å². The fourth-order valence-electron chi connectivity index (χ4n) is 2.74. The van der Waals surface area contributed by atoms with Crippen molar-refractivity contribution in [3.63, 3.8) is 0 Å². The minimum Gasteiger partial charge on any atom is -0.494 e. The first-order valence-corrected chi connectivity index (χ1v) is 10.2. The van der Waals surface area contributed by atoms with Crippen molar-refractivity contribution in [3.05, 3.63) is 66.3 Å². The third kappa shape index (κ3) is 6.20. The van der Waals surface area contributed by atoms with E-state index in [0.717, 1.165) is 30.5 Å². The molecule has 1 saturated heterocycles. The van der Waals surface area contributed by atoms with Gasteiger partial charge in [0.15, 0.2) is 0 Å². The maximum absolute atomic E-state index is 11.5. The Morgan fingerprint density at radius 1 is 1.23 bits per heavy atom. The van der Waals surface area contributed by atoms with Crippen LogP contribution in [0.4, 0.5) is 23.0 Å². The maximum atomic E-state index is 11.5. The number of anilines is 4. The number of carbonyl (C=O) groups is 1. The van der Waals surface area contributed by atoms with Gasteiger partial charge in [0.05, 0.1) is 28.5 Å². The van der Waals surface area contributed by atoms with E-state index in [2.05, 4.69) is 27.2 Å². The van der Waals surface area contributed by atoms with Gasteiger partial charge in [0, 0.05) is 53.0 Å². The van der Waals surface area contributed by atoms with Gasteiger partial charge in [-0.05, 0) is 49.5 Å². The molecule has 0 spiro atoms. The molecule has 35 heavy (non-hydrogen) atoms. The average Bonchev–Trinajstić information content (AvgIpc) is 2.94. The predicted molar refractivity (Wildman–Crippen MR) is 138 cm³/mol. The summed E-state index contributed by atoms with van der Waals surface area (Å²) in [6.07, 6.45) is 2.25. The lowest BCUT2D eigenvalue weighted by molar-refractivity contribution is -0.111. The van der Waals surface area contributed by atoms with Crippen molar-refractivity contribution in [1.82, 2.24) is 14.9 Å². The first-order chi connectivity index (χ1) is 22.3. The van der Waals surface area contributed by atoms with E-state index in [-0.39, 0.29) is 33.2 Å². The van der Waals surface area contributed by atoms with Crippen LogP contribution in [0, 0.1) is 0 Å². The number of hydrogen-bond donors (Lipinski definition) is 2. The topological polar surface area (TPSA) is 91.9 Å². The van der Waals surface area contributed by atoms with Gasteiger partial charge in [-0.15, -0.1) is 0 Å². The molecule has 10 heteroatoms. The largest absolute Gasteiger partial charge is 0.494 e. The van der Waals surface area contributed by atoms with Crippen LogP contribution in [0.2, 0.25) is 5.02 Å². The van der Waals surface area contributed by atoms with Gasteiger partial charge in [-0.3, -0.25) is 4.79 Å². The normalized spacial score (nSPS) is 26.1. The number of nitrogens with one attached hydrogen (secondary N) is 2. The molecule has 2 heterocycles. The van der Waals surface area contributed by atoms with E-state index in [1.807, 2.05) is 0 Å². The zero-order chi connectivity index (χ0) is 37.0. The van der Waals surface area contributed by atoms with Crippen LogP contribution in [0.1, 0.15) is 19.2 Å². The van der Waals surface area contributed by atoms with Gasteiger partial charge in [-0.25, -0.2) is 4.98 Å². The maximum Gasteiger partial charge on any atom is 0.247 e. The van der Waals surface area contributed by atoms with Crippen LogP contribution in [-0.4, -0.2) is 60.8 Å². The summed E-state index contributed by atoms with van der Waals surface area (Å²) >= 11 is 6.21. The molecule has 0 bridgehead atoms. The quantitative estimate of drug-likeness (QED) is 0.428. The molecule has 1 aliphatic rings. The number of benzene rings is 2. The predicted octanol–water partition coefficient (Wildman–Crippen LogP) is 4.55. The Kier molecular flexibility index (Phi) is 3.87. The van der Waals surface area contributed by atoms with E-state index in [1.165, 1.54) is 24.3 Å². The fourth-order valence-corrected chi connectivity index (χ4v) is 2.87. The lowest BCUT2D eigenvalue weighted by Crippen LogP contribution is -2.44. The number of amides is 1. The van der Waals surface area contributed by atoms with Crippen molar-refractivity contribution in [2.45, 2.75) is 0 Å². The molecule has 0 atom stereocenters. The van der Waals surface area contributed by atoms with E-state index in [1.54, 1.807) is 0 Å². The molecule has 182 valence electrons. The summed E-state index contributed by atoms with van der Waals surface area (Å²) < 4.78 is 124. The fraction of sp³-hybridized carbons (Fsp3) is 0.240. The molecular weight excluding hydrogens is 468 g/mol. The number of halogens is 1. The summed E-state index contributed by atoms with van der Waals surface area (Å²) in [4.78, 5) is 19.3. The third-order valence-electron chi connectivity index (χ3n) is 4.36. The van der Waals surface area contributed by atoms with Crippen molar-refractivity contribution < 1.29 is 33.5 Å². The van der Waals surface area contributed by atoms with E-state index in [4.69, 9.17) is 40.3 Å². The number of methoxy groups -OCH3 is 1. The van der Waals surface area contributed by atoms with E-state index in [9.17, 15) is 4.79 Å². The van der Waals surface area contributed by atoms with Crippen LogP contribution in [0.3, 0.4) is 0 Å². The number of carbonyl (C=O) groups excluding carboxylic acids is 1. The molecule has 1 aromatic heterocycles. The van der Waals surface area contributed by atoms with Crippen molar-refractivity contribution in [3.8, 4) is 17.4 Å². The second-order valence-corrected chi connectivity index (χ2v) is 7.10. The highest BCUT2D eigenvalue weighted by atomic mass is 35.5. The second kappa shape index (κ2) is 11.1. The number of rotatable bonds is 8. The number of aromatic nitrogens is 2. The lowest BCUT2D eigenvalue weighted by Gasteiger charge is -2.34. The Labute approximate surface area is 229 Å². The van der Waals surface area contributed by atoms with Crippen LogP contribution in [-0.2, 0) is 4.79 Å². The summed E-state index contributed by atoms with van der Waals surface area (Å²) in [6.45, 7) is -14.7. The highest BCUT2D eigenvalue weighted by molar-refractivity contribution is 6.31. The van der Waals surface area contributed by atoms with E-state index >= 15 is 0 Å². The van der Waals surface area contributed by atoms with Crippen molar-refractivity contribution >= 4 is 40.5 Å². The number of hydrogen-bond acceptors (Lipinski definition) is 8. The summed E-state index contributed by atoms with van der Waals surface area (Å²) in [5.41, 5.74) is -0.332. The monoisotopic (exact) mass is 508 g/mol. The molecule has 0 aliphatic carbocycles. The van der Waals surface area contributed by atoms with Gasteiger partial charge in [0.2, 0.25) is 17.7 Å². The molecule has 2 N–H and O–H groups in total. The smallest absolute Gasteiger partial charge is 0.247 e. The van der Waals surface area contributed by atoms with E-state index < -0.39 is 62.2 Å². The zero-order valence-corrected chi connectivity index (χ0v) is 18.6. The van der Waals surface area contributed by atoms with Crippen LogP contribution in [0.15, 0.2) is 61.3 Å². The van der Waals surface area contributed by atoms with Gasteiger partial charge < -0.3 is 29.9 Å². The van der Waals surface area contributed by atoms with Gasteiger partial charge in [-0.1, -0.05) is 18.2 Å². The third-order valence-corrected chi connectivity index (χ3v) is 4.62. The molecule has 1 fully saturated rings. The Morgan fingerprint density at radius 2 is 2.03 bits per heavy atom. The van der Waals surface area contributed by atoms with Crippen LogP contribution >= 0.6 is 11.6 Å². The highest BCUT2D eigenvalue weighted by Gasteiger charge is 2.17. The summed E-state index contributed by atoms with van der Waals surface area (Å²) in [7, 11) is -3.14. The molecule has 0 unspecified atom stereocenters. The standard InChI is InChI=1S/C25H27ClN6O3/c1-4-23(33)28-17-5-8-19(9-6-17)35-24-20(26)16-27-25(30-24)29-21-10-7-18(15-22(21)34-3)32-13-11-31(2)12-14-32/h4-10,15-16H,1,11-14H2,2-3H3,(H,28,33)(H,27,29,30)/i2D3,3D3,11D2,12D2,13D2,14D2. The molecule has 2 aromatic carbocycles. The summed E-state index contributed by atoms with van der Waals surface area (Å²) in [6, 6.07) is 8.98. The Hall–Kier alpha value is -3.82. The average molecular weight is 509 g/mol. The summed E-state index contributed by atoms with van der Waals surface area (Å²) in [5, 5.41) is 5.22. The molecular formula is C25H27ClN6O3.